The number of aryl methyl sites for hydroxylation is 1. The number of amides is 2. The third kappa shape index (κ3) is 7.05. The van der Waals surface area contributed by atoms with Crippen LogP contribution in [0, 0.1) is 12.8 Å². The van der Waals surface area contributed by atoms with Gasteiger partial charge in [0.25, 0.3) is 0 Å². The molecule has 2 amide bonds. The summed E-state index contributed by atoms with van der Waals surface area (Å²) >= 11 is 0. The second kappa shape index (κ2) is 12.8. The predicted octanol–water partition coefficient (Wildman–Crippen LogP) is 6.54. The fourth-order valence-corrected chi connectivity index (χ4v) is 7.23. The van der Waals surface area contributed by atoms with Gasteiger partial charge in [0.05, 0.1) is 16.3 Å². The van der Waals surface area contributed by atoms with Gasteiger partial charge < -0.3 is 14.8 Å². The van der Waals surface area contributed by atoms with Crippen molar-refractivity contribution >= 4 is 27.6 Å². The van der Waals surface area contributed by atoms with Crippen LogP contribution in [0.3, 0.4) is 0 Å². The molecule has 3 heterocycles. The van der Waals surface area contributed by atoms with Gasteiger partial charge in [-0.05, 0) is 74.1 Å². The van der Waals surface area contributed by atoms with Gasteiger partial charge in [-0.25, -0.2) is 17.9 Å². The van der Waals surface area contributed by atoms with Crippen LogP contribution in [-0.4, -0.2) is 54.8 Å². The maximum atomic E-state index is 13.3. The van der Waals surface area contributed by atoms with Crippen molar-refractivity contribution in [3.05, 3.63) is 89.6 Å². The predicted molar refractivity (Wildman–Crippen MR) is 179 cm³/mol. The Labute approximate surface area is 270 Å². The van der Waals surface area contributed by atoms with Crippen LogP contribution in [0.5, 0.6) is 11.5 Å². The Bertz CT molecular complexity index is 1800. The van der Waals surface area contributed by atoms with Crippen molar-refractivity contribution in [1.29, 1.82) is 0 Å². The van der Waals surface area contributed by atoms with Crippen LogP contribution in [0.25, 0.3) is 5.69 Å². The number of ether oxygens (including phenoxy) is 2. The molecule has 1 fully saturated rings. The van der Waals surface area contributed by atoms with Crippen molar-refractivity contribution < 1.29 is 22.7 Å². The molecule has 2 aliphatic rings. The summed E-state index contributed by atoms with van der Waals surface area (Å²) in [5.74, 6) is 2.00. The zero-order valence-corrected chi connectivity index (χ0v) is 27.6. The van der Waals surface area contributed by atoms with Crippen molar-refractivity contribution in [1.82, 2.24) is 14.1 Å². The number of urea groups is 1. The highest BCUT2D eigenvalue weighted by molar-refractivity contribution is 7.89. The zero-order valence-electron chi connectivity index (χ0n) is 26.7. The van der Waals surface area contributed by atoms with E-state index in [9.17, 15) is 13.2 Å². The number of nitrogens with one attached hydrogen (secondary N) is 2. The molecule has 2 N–H and O–H groups in total. The van der Waals surface area contributed by atoms with Crippen molar-refractivity contribution in [2.24, 2.45) is 5.92 Å². The summed E-state index contributed by atoms with van der Waals surface area (Å²) in [6.07, 6.45) is 2.39. The summed E-state index contributed by atoms with van der Waals surface area (Å²) in [4.78, 5) is 13.3. The molecule has 2 aliphatic heterocycles. The Morgan fingerprint density at radius 3 is 2.24 bits per heavy atom. The number of piperidine rings is 1. The molecular weight excluding hydrogens is 602 g/mol. The number of hydrogen-bond donors (Lipinski definition) is 2. The largest absolute Gasteiger partial charge is 0.486 e. The molecule has 3 aromatic carbocycles. The van der Waals surface area contributed by atoms with Crippen molar-refractivity contribution in [2.75, 3.05) is 36.9 Å². The molecule has 0 saturated carbocycles. The van der Waals surface area contributed by atoms with Gasteiger partial charge in [-0.2, -0.15) is 9.40 Å². The minimum Gasteiger partial charge on any atom is -0.486 e. The first-order valence-electron chi connectivity index (χ1n) is 15.7. The molecule has 6 rings (SSSR count). The average Bonchev–Trinajstić information content (AvgIpc) is 3.46. The Kier molecular flexibility index (Phi) is 8.80. The number of anilines is 2. The standard InChI is InChI=1S/C35H41N5O5S/c1-24-5-11-28(12-6-24)40-33(23-32(38-40)35(2,3)4)37-34(41)36-27-9-7-25(8-10-27)21-26-15-17-39(18-16-26)46(42,43)29-13-14-30-31(22-29)45-20-19-44-30/h5-14,22-23,26H,15-21H2,1-4H3,(H2,36,37,41). The fraction of sp³-hybridized carbons (Fsp3) is 0.371. The van der Waals surface area contributed by atoms with Crippen LogP contribution in [0.1, 0.15) is 50.4 Å². The molecule has 4 aromatic rings. The molecule has 46 heavy (non-hydrogen) atoms. The number of aromatic nitrogens is 2. The molecule has 0 aliphatic carbocycles. The second-order valence-corrected chi connectivity index (χ2v) is 15.0. The van der Waals surface area contributed by atoms with Crippen LogP contribution >= 0.6 is 0 Å². The van der Waals surface area contributed by atoms with Crippen LogP contribution in [0.15, 0.2) is 77.7 Å². The molecule has 11 heteroatoms. The van der Waals surface area contributed by atoms with E-state index in [1.165, 1.54) is 0 Å². The molecule has 10 nitrogen and oxygen atoms in total. The van der Waals surface area contributed by atoms with E-state index in [2.05, 4.69) is 31.4 Å². The van der Waals surface area contributed by atoms with Gasteiger partial charge >= 0.3 is 6.03 Å². The number of nitrogens with zero attached hydrogens (tertiary/aromatic N) is 3. The highest BCUT2D eigenvalue weighted by atomic mass is 32.2. The minimum absolute atomic E-state index is 0.184. The first kappa shape index (κ1) is 31.6. The monoisotopic (exact) mass is 643 g/mol. The van der Waals surface area contributed by atoms with Gasteiger partial charge in [-0.15, -0.1) is 0 Å². The van der Waals surface area contributed by atoms with Gasteiger partial charge in [0, 0.05) is 36.3 Å². The molecule has 0 radical (unpaired) electrons. The molecule has 0 unspecified atom stereocenters. The smallest absolute Gasteiger partial charge is 0.324 e. The van der Waals surface area contributed by atoms with E-state index in [1.54, 1.807) is 27.2 Å². The lowest BCUT2D eigenvalue weighted by atomic mass is 9.91. The first-order chi connectivity index (χ1) is 22.0. The van der Waals surface area contributed by atoms with Gasteiger partial charge in [-0.1, -0.05) is 50.6 Å². The van der Waals surface area contributed by atoms with Crippen LogP contribution < -0.4 is 20.1 Å². The maximum Gasteiger partial charge on any atom is 0.324 e. The molecule has 1 aromatic heterocycles. The van der Waals surface area contributed by atoms with Crippen LogP contribution in [-0.2, 0) is 21.9 Å². The third-order valence-corrected chi connectivity index (χ3v) is 10.4. The van der Waals surface area contributed by atoms with E-state index in [4.69, 9.17) is 14.6 Å². The number of hydrogen-bond acceptors (Lipinski definition) is 6. The highest BCUT2D eigenvalue weighted by Gasteiger charge is 2.30. The van der Waals surface area contributed by atoms with E-state index in [0.29, 0.717) is 55.2 Å². The number of benzene rings is 3. The van der Waals surface area contributed by atoms with E-state index in [0.717, 1.165) is 41.8 Å². The molecule has 0 spiro atoms. The zero-order chi connectivity index (χ0) is 32.5. The normalized spacial score (nSPS) is 15.8. The first-order valence-corrected chi connectivity index (χ1v) is 17.1. The average molecular weight is 644 g/mol. The van der Waals surface area contributed by atoms with E-state index in [1.807, 2.05) is 61.5 Å². The SMILES string of the molecule is Cc1ccc(-n2nc(C(C)(C)C)cc2NC(=O)Nc2ccc(CC3CCN(S(=O)(=O)c4ccc5c(c4)OCCO5)CC3)cc2)cc1. The summed E-state index contributed by atoms with van der Waals surface area (Å²) in [5, 5.41) is 10.7. The van der Waals surface area contributed by atoms with E-state index in [-0.39, 0.29) is 16.3 Å². The molecule has 0 bridgehead atoms. The van der Waals surface area contributed by atoms with E-state index < -0.39 is 10.0 Å². The van der Waals surface area contributed by atoms with E-state index >= 15 is 0 Å². The second-order valence-electron chi connectivity index (χ2n) is 13.0. The number of carbonyl (C=O) groups is 1. The fourth-order valence-electron chi connectivity index (χ4n) is 5.74. The Hall–Kier alpha value is -4.35. The van der Waals surface area contributed by atoms with Gasteiger partial charge in [0.15, 0.2) is 11.5 Å². The van der Waals surface area contributed by atoms with Gasteiger partial charge in [0.1, 0.15) is 19.0 Å². The number of fused-ring (bicyclic) bond motifs is 1. The Morgan fingerprint density at radius 1 is 0.891 bits per heavy atom. The number of carbonyl (C=O) groups excluding carboxylic acids is 1. The molecule has 242 valence electrons. The number of sulfonamides is 1. The molecule has 1 saturated heterocycles. The van der Waals surface area contributed by atoms with Gasteiger partial charge in [-0.3, -0.25) is 5.32 Å². The summed E-state index contributed by atoms with van der Waals surface area (Å²) in [7, 11) is -3.61. The quantitative estimate of drug-likeness (QED) is 0.237. The summed E-state index contributed by atoms with van der Waals surface area (Å²) < 4.78 is 41.1. The lowest BCUT2D eigenvalue weighted by Gasteiger charge is -2.31. The minimum atomic E-state index is -3.61. The lowest BCUT2D eigenvalue weighted by molar-refractivity contribution is 0.171. The summed E-state index contributed by atoms with van der Waals surface area (Å²) in [5.41, 5.74) is 4.53. The maximum absolute atomic E-state index is 13.3. The summed E-state index contributed by atoms with van der Waals surface area (Å²) in [6.45, 7) is 10.1. The van der Waals surface area contributed by atoms with Crippen molar-refractivity contribution in [2.45, 2.75) is 57.3 Å². The van der Waals surface area contributed by atoms with Gasteiger partial charge in [0.2, 0.25) is 10.0 Å². The van der Waals surface area contributed by atoms with Crippen molar-refractivity contribution in [3.8, 4) is 17.2 Å². The van der Waals surface area contributed by atoms with Crippen LogP contribution in [0.4, 0.5) is 16.3 Å². The molecular formula is C35H41N5O5S. The third-order valence-electron chi connectivity index (χ3n) is 8.46. The Balaban J connectivity index is 1.04. The topological polar surface area (TPSA) is 115 Å². The Morgan fingerprint density at radius 2 is 1.57 bits per heavy atom. The van der Waals surface area contributed by atoms with Crippen LogP contribution in [0.2, 0.25) is 0 Å². The van der Waals surface area contributed by atoms with Crippen molar-refractivity contribution in [3.63, 3.8) is 0 Å². The molecule has 0 atom stereocenters. The summed E-state index contributed by atoms with van der Waals surface area (Å²) in [6, 6.07) is 22.2. The lowest BCUT2D eigenvalue weighted by Crippen LogP contribution is -2.38. The highest BCUT2D eigenvalue weighted by Crippen LogP contribution is 2.34. The number of rotatable bonds is 7.